The molecule has 34 heavy (non-hydrogen) atoms. The van der Waals surface area contributed by atoms with Crippen LogP contribution in [0.2, 0.25) is 0 Å². The van der Waals surface area contributed by atoms with Crippen molar-refractivity contribution >= 4 is 26.8 Å². The van der Waals surface area contributed by atoms with Crippen LogP contribution in [0.25, 0.3) is 10.9 Å². The number of carbonyl (C=O) groups excluding carboxylic acids is 1. The molecule has 1 unspecified atom stereocenters. The third-order valence-corrected chi connectivity index (χ3v) is 6.94. The number of H-pyrrole nitrogens is 1. The lowest BCUT2D eigenvalue weighted by Crippen LogP contribution is -2.42. The number of hydrogen-bond donors (Lipinski definition) is 2. The van der Waals surface area contributed by atoms with Crippen LogP contribution in [0.5, 0.6) is 0 Å². The molecule has 2 aromatic heterocycles. The second kappa shape index (κ2) is 9.98. The summed E-state index contributed by atoms with van der Waals surface area (Å²) in [7, 11) is -2.40. The second-order valence-corrected chi connectivity index (χ2v) is 9.62. The zero-order valence-electron chi connectivity index (χ0n) is 18.5. The topological polar surface area (TPSA) is 112 Å². The second-order valence-electron chi connectivity index (χ2n) is 7.90. The number of aromatic nitrogens is 2. The first-order valence-electron chi connectivity index (χ1n) is 10.7. The molecule has 0 saturated carbocycles. The number of rotatable bonds is 8. The molecule has 2 N–H and O–H groups in total. The van der Waals surface area contributed by atoms with E-state index in [0.29, 0.717) is 29.4 Å². The number of nitrogens with zero attached hydrogens (tertiary/aromatic N) is 2. The van der Waals surface area contributed by atoms with Gasteiger partial charge in [0.05, 0.1) is 4.90 Å². The van der Waals surface area contributed by atoms with Crippen LogP contribution in [0.3, 0.4) is 0 Å². The lowest BCUT2D eigenvalue weighted by atomic mass is 10.1. The normalized spacial score (nSPS) is 12.4. The zero-order chi connectivity index (χ0) is 24.1. The maximum Gasteiger partial charge on any atom is 0.248 e. The van der Waals surface area contributed by atoms with E-state index in [-0.39, 0.29) is 16.4 Å². The number of sulfonamides is 1. The number of aromatic amines is 1. The molecule has 8 nitrogen and oxygen atoms in total. The van der Waals surface area contributed by atoms with Crippen LogP contribution < -0.4 is 10.3 Å². The number of likely N-dealkylation sites (N-methyl/N-ethyl adjacent to an activating group) is 1. The summed E-state index contributed by atoms with van der Waals surface area (Å²) in [6.45, 7) is 0.414. The fourth-order valence-electron chi connectivity index (χ4n) is 3.61. The van der Waals surface area contributed by atoms with Gasteiger partial charge in [-0.15, -0.1) is 0 Å². The third kappa shape index (κ3) is 5.38. The molecule has 0 aliphatic rings. The lowest BCUT2D eigenvalue weighted by Gasteiger charge is -2.25. The summed E-state index contributed by atoms with van der Waals surface area (Å²) in [5, 5.41) is 0.569. The SMILES string of the molecule is CN(CCc1ccncc1)C(=O)C(NS(=O)(=O)c1ccc2[nH]c(=O)ccc2c1)c1ccccc1. The van der Waals surface area contributed by atoms with Crippen molar-refractivity contribution in [2.24, 2.45) is 0 Å². The van der Waals surface area contributed by atoms with E-state index in [0.717, 1.165) is 5.56 Å². The number of hydrogen-bond acceptors (Lipinski definition) is 5. The van der Waals surface area contributed by atoms with E-state index in [1.807, 2.05) is 12.1 Å². The quantitative estimate of drug-likeness (QED) is 0.406. The van der Waals surface area contributed by atoms with Gasteiger partial charge in [-0.2, -0.15) is 4.72 Å². The lowest BCUT2D eigenvalue weighted by molar-refractivity contribution is -0.131. The summed E-state index contributed by atoms with van der Waals surface area (Å²) in [5.41, 5.74) is 1.82. The van der Waals surface area contributed by atoms with Crippen LogP contribution in [0, 0.1) is 0 Å². The van der Waals surface area contributed by atoms with E-state index in [9.17, 15) is 18.0 Å². The highest BCUT2D eigenvalue weighted by Crippen LogP contribution is 2.22. The molecule has 2 heterocycles. The van der Waals surface area contributed by atoms with Crippen molar-refractivity contribution < 1.29 is 13.2 Å². The van der Waals surface area contributed by atoms with Crippen molar-refractivity contribution in [2.45, 2.75) is 17.4 Å². The highest BCUT2D eigenvalue weighted by atomic mass is 32.2. The first kappa shape index (κ1) is 23.3. The number of pyridine rings is 2. The van der Waals surface area contributed by atoms with Gasteiger partial charge in [0.1, 0.15) is 6.04 Å². The van der Waals surface area contributed by atoms with Gasteiger partial charge in [-0.05, 0) is 59.3 Å². The van der Waals surface area contributed by atoms with Gasteiger partial charge in [0.2, 0.25) is 21.5 Å². The van der Waals surface area contributed by atoms with Crippen LogP contribution in [0.4, 0.5) is 0 Å². The van der Waals surface area contributed by atoms with E-state index in [2.05, 4.69) is 14.7 Å². The first-order chi connectivity index (χ1) is 16.3. The van der Waals surface area contributed by atoms with Crippen LogP contribution in [0.1, 0.15) is 17.2 Å². The van der Waals surface area contributed by atoms with Gasteiger partial charge in [0.15, 0.2) is 0 Å². The molecule has 2 aromatic carbocycles. The van der Waals surface area contributed by atoms with Gasteiger partial charge in [0, 0.05) is 37.6 Å². The van der Waals surface area contributed by atoms with Crippen LogP contribution >= 0.6 is 0 Å². The molecule has 4 aromatic rings. The molecule has 0 aliphatic heterocycles. The molecular formula is C25H24N4O4S. The summed E-state index contributed by atoms with van der Waals surface area (Å²) < 4.78 is 29.1. The number of amides is 1. The number of fused-ring (bicyclic) bond motifs is 1. The Balaban J connectivity index is 1.60. The zero-order valence-corrected chi connectivity index (χ0v) is 19.3. The predicted molar refractivity (Wildman–Crippen MR) is 130 cm³/mol. The van der Waals surface area contributed by atoms with E-state index in [1.54, 1.807) is 55.8 Å². The van der Waals surface area contributed by atoms with Crippen molar-refractivity contribution in [3.63, 3.8) is 0 Å². The Morgan fingerprint density at radius 2 is 1.76 bits per heavy atom. The van der Waals surface area contributed by atoms with E-state index in [4.69, 9.17) is 0 Å². The Morgan fingerprint density at radius 3 is 2.50 bits per heavy atom. The minimum atomic E-state index is -4.05. The van der Waals surface area contributed by atoms with Crippen molar-refractivity contribution in [3.8, 4) is 0 Å². The maximum absolute atomic E-state index is 13.4. The summed E-state index contributed by atoms with van der Waals surface area (Å²) in [4.78, 5) is 33.1. The Kier molecular flexibility index (Phi) is 6.85. The molecule has 0 bridgehead atoms. The van der Waals surface area contributed by atoms with E-state index < -0.39 is 16.1 Å². The van der Waals surface area contributed by atoms with Crippen molar-refractivity contribution in [3.05, 3.63) is 107 Å². The largest absolute Gasteiger partial charge is 0.344 e. The molecule has 1 amide bonds. The minimum absolute atomic E-state index is 0.000203. The monoisotopic (exact) mass is 476 g/mol. The van der Waals surface area contributed by atoms with Gasteiger partial charge >= 0.3 is 0 Å². The number of carbonyl (C=O) groups is 1. The molecule has 174 valence electrons. The van der Waals surface area contributed by atoms with Gasteiger partial charge in [-0.1, -0.05) is 30.3 Å². The fourth-order valence-corrected chi connectivity index (χ4v) is 4.82. The molecule has 0 fully saturated rings. The average Bonchev–Trinajstić information content (AvgIpc) is 2.86. The first-order valence-corrected chi connectivity index (χ1v) is 12.2. The molecule has 0 saturated heterocycles. The van der Waals surface area contributed by atoms with E-state index in [1.165, 1.54) is 29.2 Å². The average molecular weight is 477 g/mol. The fraction of sp³-hybridized carbons (Fsp3) is 0.160. The predicted octanol–water partition coefficient (Wildman–Crippen LogP) is 2.64. The molecule has 9 heteroatoms. The van der Waals surface area contributed by atoms with Gasteiger partial charge < -0.3 is 9.88 Å². The van der Waals surface area contributed by atoms with Crippen LogP contribution in [-0.2, 0) is 21.2 Å². The Bertz CT molecular complexity index is 1450. The summed E-state index contributed by atoms with van der Waals surface area (Å²) >= 11 is 0. The summed E-state index contributed by atoms with van der Waals surface area (Å²) in [6, 6.07) is 18.7. The smallest absolute Gasteiger partial charge is 0.248 e. The standard InChI is InChI=1S/C25H24N4O4S/c1-29(16-13-18-11-14-26-15-12-18)25(31)24(19-5-3-2-4-6-19)28-34(32,33)21-8-9-22-20(17-21)7-10-23(30)27-22/h2-12,14-15,17,24,28H,13,16H2,1H3,(H,27,30). The Labute approximate surface area is 197 Å². The molecule has 0 spiro atoms. The number of benzene rings is 2. The van der Waals surface area contributed by atoms with E-state index >= 15 is 0 Å². The van der Waals surface area contributed by atoms with Crippen molar-refractivity contribution in [1.29, 1.82) is 0 Å². The van der Waals surface area contributed by atoms with Crippen molar-refractivity contribution in [1.82, 2.24) is 19.6 Å². The summed E-state index contributed by atoms with van der Waals surface area (Å²) in [6.07, 6.45) is 4.00. The van der Waals surface area contributed by atoms with Gasteiger partial charge in [0.25, 0.3) is 0 Å². The number of nitrogens with one attached hydrogen (secondary N) is 2. The van der Waals surface area contributed by atoms with Crippen molar-refractivity contribution in [2.75, 3.05) is 13.6 Å². The van der Waals surface area contributed by atoms with Crippen LogP contribution in [-0.4, -0.2) is 42.8 Å². The summed E-state index contributed by atoms with van der Waals surface area (Å²) in [5.74, 6) is -0.367. The molecule has 4 rings (SSSR count). The van der Waals surface area contributed by atoms with Gasteiger partial charge in [-0.25, -0.2) is 8.42 Å². The molecule has 0 aliphatic carbocycles. The highest BCUT2D eigenvalue weighted by molar-refractivity contribution is 7.89. The maximum atomic E-state index is 13.4. The molecule has 1 atom stereocenters. The Hall–Kier alpha value is -3.82. The minimum Gasteiger partial charge on any atom is -0.344 e. The van der Waals surface area contributed by atoms with Gasteiger partial charge in [-0.3, -0.25) is 14.6 Å². The van der Waals surface area contributed by atoms with Crippen LogP contribution in [0.15, 0.2) is 94.9 Å². The molecular weight excluding hydrogens is 452 g/mol. The Morgan fingerprint density at radius 1 is 1.03 bits per heavy atom. The molecule has 0 radical (unpaired) electrons. The third-order valence-electron chi connectivity index (χ3n) is 5.52. The highest BCUT2D eigenvalue weighted by Gasteiger charge is 2.29.